The lowest BCUT2D eigenvalue weighted by atomic mass is 10.2. The second-order valence-electron chi connectivity index (χ2n) is 6.47. The van der Waals surface area contributed by atoms with Crippen LogP contribution in [0.4, 0.5) is 5.13 Å². The second kappa shape index (κ2) is 10.6. The van der Waals surface area contributed by atoms with Crippen LogP contribution in [0, 0.1) is 22.7 Å². The molecule has 11 heteroatoms. The fourth-order valence-electron chi connectivity index (χ4n) is 2.78. The zero-order chi connectivity index (χ0) is 23.0. The number of hydrogen-bond donors (Lipinski definition) is 1. The molecule has 0 aliphatic rings. The topological polar surface area (TPSA) is 140 Å². The molecule has 9 nitrogen and oxygen atoms in total. The van der Waals surface area contributed by atoms with Crippen LogP contribution in [0.1, 0.15) is 23.2 Å². The van der Waals surface area contributed by atoms with Gasteiger partial charge in [0.1, 0.15) is 0 Å². The van der Waals surface area contributed by atoms with Crippen LogP contribution < -0.4 is 5.32 Å². The Bertz CT molecular complexity index is 1240. The van der Waals surface area contributed by atoms with E-state index in [0.29, 0.717) is 10.8 Å². The van der Waals surface area contributed by atoms with Crippen LogP contribution in [-0.2, 0) is 10.0 Å². The van der Waals surface area contributed by atoms with Gasteiger partial charge in [0.05, 0.1) is 22.7 Å². The van der Waals surface area contributed by atoms with Crippen LogP contribution in [0.25, 0.3) is 11.3 Å². The number of aromatic nitrogens is 2. The van der Waals surface area contributed by atoms with Crippen molar-refractivity contribution in [3.8, 4) is 23.4 Å². The first-order chi connectivity index (χ1) is 15.5. The van der Waals surface area contributed by atoms with Gasteiger partial charge in [0.25, 0.3) is 5.91 Å². The summed E-state index contributed by atoms with van der Waals surface area (Å²) in [5.41, 5.74) is 1.86. The number of carbonyl (C=O) groups excluding carboxylic acids is 1. The average molecular weight is 467 g/mol. The van der Waals surface area contributed by atoms with E-state index in [9.17, 15) is 13.2 Å². The van der Waals surface area contributed by atoms with Crippen LogP contribution in [0.15, 0.2) is 59.1 Å². The number of rotatable bonds is 9. The number of hydrogen-bond acceptors (Lipinski definition) is 8. The maximum atomic E-state index is 12.8. The van der Waals surface area contributed by atoms with Crippen LogP contribution in [-0.4, -0.2) is 41.7 Å². The largest absolute Gasteiger partial charge is 0.298 e. The zero-order valence-corrected chi connectivity index (χ0v) is 18.4. The van der Waals surface area contributed by atoms with Gasteiger partial charge in [-0.05, 0) is 36.4 Å². The zero-order valence-electron chi connectivity index (χ0n) is 16.8. The van der Waals surface area contributed by atoms with E-state index >= 15 is 0 Å². The van der Waals surface area contributed by atoms with E-state index < -0.39 is 15.9 Å². The van der Waals surface area contributed by atoms with Gasteiger partial charge in [-0.1, -0.05) is 0 Å². The number of benzene rings is 1. The van der Waals surface area contributed by atoms with Crippen molar-refractivity contribution in [3.05, 3.63) is 59.7 Å². The van der Waals surface area contributed by atoms with Crippen molar-refractivity contribution in [1.82, 2.24) is 14.3 Å². The molecule has 0 radical (unpaired) electrons. The lowest BCUT2D eigenvalue weighted by molar-refractivity contribution is 0.102. The van der Waals surface area contributed by atoms with E-state index in [2.05, 4.69) is 15.3 Å². The van der Waals surface area contributed by atoms with Crippen molar-refractivity contribution < 1.29 is 13.2 Å². The summed E-state index contributed by atoms with van der Waals surface area (Å²) in [7, 11) is -3.89. The highest BCUT2D eigenvalue weighted by molar-refractivity contribution is 7.89. The minimum absolute atomic E-state index is 0.00733. The van der Waals surface area contributed by atoms with Crippen molar-refractivity contribution in [3.63, 3.8) is 0 Å². The predicted octanol–water partition coefficient (Wildman–Crippen LogP) is 3.28. The molecule has 0 aliphatic heterocycles. The minimum atomic E-state index is -3.89. The van der Waals surface area contributed by atoms with Gasteiger partial charge in [-0.2, -0.15) is 14.8 Å². The Morgan fingerprint density at radius 1 is 1.03 bits per heavy atom. The highest BCUT2D eigenvalue weighted by atomic mass is 32.2. The molecule has 2 aromatic heterocycles. The number of anilines is 1. The smallest absolute Gasteiger partial charge is 0.257 e. The first-order valence-corrected chi connectivity index (χ1v) is 11.8. The van der Waals surface area contributed by atoms with Crippen molar-refractivity contribution in [2.75, 3.05) is 18.4 Å². The second-order valence-corrected chi connectivity index (χ2v) is 9.27. The molecule has 0 saturated carbocycles. The molecule has 1 N–H and O–H groups in total. The fraction of sp³-hybridized carbons (Fsp3) is 0.190. The summed E-state index contributed by atoms with van der Waals surface area (Å²) in [5, 5.41) is 22.5. The molecule has 0 saturated heterocycles. The highest BCUT2D eigenvalue weighted by Gasteiger charge is 2.24. The number of amides is 1. The third kappa shape index (κ3) is 5.53. The van der Waals surface area contributed by atoms with E-state index in [1.165, 1.54) is 35.6 Å². The van der Waals surface area contributed by atoms with E-state index in [1.54, 1.807) is 12.4 Å². The Labute approximate surface area is 189 Å². The molecule has 0 fully saturated rings. The molecule has 0 unspecified atom stereocenters. The summed E-state index contributed by atoms with van der Waals surface area (Å²) in [6.07, 6.45) is 3.34. The molecule has 0 aliphatic carbocycles. The summed E-state index contributed by atoms with van der Waals surface area (Å²) in [5.74, 6) is -0.421. The monoisotopic (exact) mass is 466 g/mol. The molecule has 3 aromatic rings. The van der Waals surface area contributed by atoms with Gasteiger partial charge in [-0.3, -0.25) is 15.1 Å². The maximum absolute atomic E-state index is 12.8. The molecule has 1 aromatic carbocycles. The summed E-state index contributed by atoms with van der Waals surface area (Å²) in [4.78, 5) is 20.9. The number of thiazole rings is 1. The lowest BCUT2D eigenvalue weighted by Crippen LogP contribution is -2.32. The van der Waals surface area contributed by atoms with Crippen LogP contribution in [0.3, 0.4) is 0 Å². The normalized spacial score (nSPS) is 11.0. The van der Waals surface area contributed by atoms with Crippen LogP contribution >= 0.6 is 11.3 Å². The molecule has 162 valence electrons. The van der Waals surface area contributed by atoms with Crippen molar-refractivity contribution >= 4 is 32.4 Å². The first kappa shape index (κ1) is 23.0. The van der Waals surface area contributed by atoms with E-state index in [-0.39, 0.29) is 36.4 Å². The van der Waals surface area contributed by atoms with Crippen molar-refractivity contribution in [1.29, 1.82) is 10.5 Å². The summed E-state index contributed by atoms with van der Waals surface area (Å²) >= 11 is 1.28. The standard InChI is InChI=1S/C21H18N6O3S2/c22-9-1-13-27(14-2-10-23)32(29,30)18-5-3-17(4-6-18)20(28)26-21-25-19(15-31-21)16-7-11-24-12-8-16/h3-8,11-12,15H,1-2,13-14H2,(H,25,26,28). The van der Waals surface area contributed by atoms with Gasteiger partial charge in [0, 0.05) is 54.8 Å². The lowest BCUT2D eigenvalue weighted by Gasteiger charge is -2.20. The van der Waals surface area contributed by atoms with Gasteiger partial charge in [-0.25, -0.2) is 13.4 Å². The van der Waals surface area contributed by atoms with E-state index in [1.807, 2.05) is 29.7 Å². The molecule has 0 spiro atoms. The number of pyridine rings is 1. The maximum Gasteiger partial charge on any atom is 0.257 e. The minimum Gasteiger partial charge on any atom is -0.298 e. The fourth-order valence-corrected chi connectivity index (χ4v) is 4.94. The van der Waals surface area contributed by atoms with Gasteiger partial charge in [0.2, 0.25) is 10.0 Å². The van der Waals surface area contributed by atoms with E-state index in [0.717, 1.165) is 9.87 Å². The number of nitriles is 2. The Morgan fingerprint density at radius 3 is 2.25 bits per heavy atom. The number of sulfonamides is 1. The van der Waals surface area contributed by atoms with Crippen LogP contribution in [0.2, 0.25) is 0 Å². The molecule has 0 bridgehead atoms. The van der Waals surface area contributed by atoms with Gasteiger partial charge in [-0.15, -0.1) is 11.3 Å². The molecule has 3 rings (SSSR count). The predicted molar refractivity (Wildman–Crippen MR) is 119 cm³/mol. The third-order valence-corrected chi connectivity index (χ3v) is 7.07. The molecule has 2 heterocycles. The number of nitrogens with zero attached hydrogens (tertiary/aromatic N) is 5. The first-order valence-electron chi connectivity index (χ1n) is 9.47. The average Bonchev–Trinajstić information content (AvgIpc) is 3.28. The van der Waals surface area contributed by atoms with Crippen LogP contribution in [0.5, 0.6) is 0 Å². The summed E-state index contributed by atoms with van der Waals surface area (Å²) < 4.78 is 26.8. The molecule has 1 amide bonds. The Kier molecular flexibility index (Phi) is 7.63. The van der Waals surface area contributed by atoms with E-state index in [4.69, 9.17) is 10.5 Å². The quantitative estimate of drug-likeness (QED) is 0.510. The Morgan fingerprint density at radius 2 is 1.66 bits per heavy atom. The third-order valence-electron chi connectivity index (χ3n) is 4.40. The molecular weight excluding hydrogens is 448 g/mol. The number of carbonyl (C=O) groups is 1. The Hall–Kier alpha value is -3.64. The summed E-state index contributed by atoms with van der Waals surface area (Å²) in [6, 6.07) is 12.9. The van der Waals surface area contributed by atoms with Gasteiger partial charge < -0.3 is 0 Å². The summed E-state index contributed by atoms with van der Waals surface area (Å²) in [6.45, 7) is -0.0147. The number of nitrogens with one attached hydrogen (secondary N) is 1. The SMILES string of the molecule is N#CCCN(CCC#N)S(=O)(=O)c1ccc(C(=O)Nc2nc(-c3ccncc3)cs2)cc1. The molecule has 32 heavy (non-hydrogen) atoms. The van der Waals surface area contributed by atoms with Gasteiger partial charge >= 0.3 is 0 Å². The van der Waals surface area contributed by atoms with Gasteiger partial charge in [0.15, 0.2) is 5.13 Å². The molecule has 0 atom stereocenters. The van der Waals surface area contributed by atoms with Crippen molar-refractivity contribution in [2.45, 2.75) is 17.7 Å². The van der Waals surface area contributed by atoms with Crippen molar-refractivity contribution in [2.24, 2.45) is 0 Å². The molecular formula is C21H18N6O3S2. The highest BCUT2D eigenvalue weighted by Crippen LogP contribution is 2.25. The Balaban J connectivity index is 1.72.